The van der Waals surface area contributed by atoms with Crippen LogP contribution >= 0.6 is 0 Å². The Bertz CT molecular complexity index is 142. The van der Waals surface area contributed by atoms with Crippen molar-refractivity contribution < 1.29 is 5.11 Å². The molecule has 0 aromatic carbocycles. The maximum atomic E-state index is 8.80. The molecule has 0 aromatic heterocycles. The highest BCUT2D eigenvalue weighted by molar-refractivity contribution is 4.80. The third kappa shape index (κ3) is 5.06. The van der Waals surface area contributed by atoms with Gasteiger partial charge < -0.3 is 5.11 Å². The number of hydrogen-bond donors (Lipinski definition) is 1. The van der Waals surface area contributed by atoms with Crippen molar-refractivity contribution in [1.82, 2.24) is 4.90 Å². The van der Waals surface area contributed by atoms with Crippen LogP contribution in [0.3, 0.4) is 0 Å². The second-order valence-corrected chi connectivity index (χ2v) is 3.95. The van der Waals surface area contributed by atoms with E-state index >= 15 is 0 Å². The molecule has 1 saturated heterocycles. The molecule has 0 radical (unpaired) electrons. The Morgan fingerprint density at radius 2 is 2.08 bits per heavy atom. The maximum absolute atomic E-state index is 8.80. The zero-order valence-electron chi connectivity index (χ0n) is 8.41. The van der Waals surface area contributed by atoms with E-state index in [1.165, 1.54) is 19.3 Å². The van der Waals surface area contributed by atoms with E-state index in [1.54, 1.807) is 0 Å². The highest BCUT2D eigenvalue weighted by Gasteiger charge is 2.19. The van der Waals surface area contributed by atoms with E-state index < -0.39 is 0 Å². The van der Waals surface area contributed by atoms with Crippen molar-refractivity contribution in [3.05, 3.63) is 12.7 Å². The zero-order chi connectivity index (χ0) is 9.52. The summed E-state index contributed by atoms with van der Waals surface area (Å²) in [5, 5.41) is 8.80. The first-order chi connectivity index (χ1) is 6.36. The lowest BCUT2D eigenvalue weighted by Gasteiger charge is -2.11. The third-order valence-electron chi connectivity index (χ3n) is 2.37. The molecule has 76 valence electrons. The number of hydrogen-bond acceptors (Lipinski definition) is 2. The Balaban J connectivity index is 0.000000236. The number of likely N-dealkylation sites (tertiary alicyclic amines) is 1. The summed E-state index contributed by atoms with van der Waals surface area (Å²) in [5.74, 6) is 0.514. The van der Waals surface area contributed by atoms with Gasteiger partial charge in [-0.25, -0.2) is 0 Å². The third-order valence-corrected chi connectivity index (χ3v) is 2.37. The van der Waals surface area contributed by atoms with Crippen molar-refractivity contribution in [2.75, 3.05) is 26.2 Å². The van der Waals surface area contributed by atoms with E-state index in [1.807, 2.05) is 6.08 Å². The first kappa shape index (κ1) is 10.7. The van der Waals surface area contributed by atoms with Crippen LogP contribution in [0.25, 0.3) is 0 Å². The molecule has 13 heavy (non-hydrogen) atoms. The number of aliphatic hydroxyl groups excluding tert-OH is 1. The second-order valence-electron chi connectivity index (χ2n) is 3.95. The zero-order valence-corrected chi connectivity index (χ0v) is 8.41. The molecule has 1 heterocycles. The molecule has 2 nitrogen and oxygen atoms in total. The van der Waals surface area contributed by atoms with Gasteiger partial charge in [0.1, 0.15) is 0 Å². The number of rotatable bonds is 3. The molecule has 0 spiro atoms. The SMILES string of the molecule is C1CC1.C=CCN1CC[C@H](CO)C1. The van der Waals surface area contributed by atoms with Crippen molar-refractivity contribution in [1.29, 1.82) is 0 Å². The average molecular weight is 183 g/mol. The van der Waals surface area contributed by atoms with Crippen molar-refractivity contribution in [2.24, 2.45) is 5.92 Å². The van der Waals surface area contributed by atoms with Gasteiger partial charge in [-0.1, -0.05) is 25.3 Å². The Morgan fingerprint density at radius 3 is 2.46 bits per heavy atom. The highest BCUT2D eigenvalue weighted by Crippen LogP contribution is 2.15. The quantitative estimate of drug-likeness (QED) is 0.673. The Kier molecular flexibility index (Phi) is 5.09. The molecule has 2 heteroatoms. The lowest BCUT2D eigenvalue weighted by molar-refractivity contribution is 0.225. The summed E-state index contributed by atoms with van der Waals surface area (Å²) in [6, 6.07) is 0. The number of nitrogens with zero attached hydrogens (tertiary/aromatic N) is 1. The molecule has 1 aliphatic heterocycles. The van der Waals surface area contributed by atoms with E-state index in [2.05, 4.69) is 11.5 Å². The van der Waals surface area contributed by atoms with Crippen LogP contribution in [0.4, 0.5) is 0 Å². The Hall–Kier alpha value is -0.340. The van der Waals surface area contributed by atoms with Gasteiger partial charge in [-0.3, -0.25) is 4.90 Å². The van der Waals surface area contributed by atoms with Crippen LogP contribution < -0.4 is 0 Å². The largest absolute Gasteiger partial charge is 0.396 e. The molecule has 0 unspecified atom stereocenters. The van der Waals surface area contributed by atoms with E-state index in [4.69, 9.17) is 5.11 Å². The van der Waals surface area contributed by atoms with Crippen LogP contribution in [-0.2, 0) is 0 Å². The summed E-state index contributed by atoms with van der Waals surface area (Å²) in [5.41, 5.74) is 0. The second kappa shape index (κ2) is 6.17. The summed E-state index contributed by atoms with van der Waals surface area (Å²) < 4.78 is 0. The van der Waals surface area contributed by atoms with Gasteiger partial charge in [0.05, 0.1) is 0 Å². The molecule has 1 N–H and O–H groups in total. The van der Waals surface area contributed by atoms with E-state index in [0.717, 1.165) is 26.1 Å². The summed E-state index contributed by atoms with van der Waals surface area (Å²) in [4.78, 5) is 2.31. The van der Waals surface area contributed by atoms with Gasteiger partial charge >= 0.3 is 0 Å². The van der Waals surface area contributed by atoms with Gasteiger partial charge in [0.2, 0.25) is 0 Å². The summed E-state index contributed by atoms with van der Waals surface area (Å²) >= 11 is 0. The molecule has 2 rings (SSSR count). The van der Waals surface area contributed by atoms with Crippen molar-refractivity contribution in [2.45, 2.75) is 25.7 Å². The lowest BCUT2D eigenvalue weighted by atomic mass is 10.1. The van der Waals surface area contributed by atoms with Crippen LogP contribution in [0, 0.1) is 5.92 Å². The van der Waals surface area contributed by atoms with Crippen molar-refractivity contribution in [3.63, 3.8) is 0 Å². The predicted octanol–water partition coefficient (Wildman–Crippen LogP) is 1.66. The minimum atomic E-state index is 0.341. The summed E-state index contributed by atoms with van der Waals surface area (Å²) in [6.07, 6.45) is 7.56. The molecule has 0 aromatic rings. The van der Waals surface area contributed by atoms with Gasteiger partial charge in [0, 0.05) is 19.7 Å². The Morgan fingerprint density at radius 1 is 1.38 bits per heavy atom. The predicted molar refractivity (Wildman–Crippen MR) is 55.7 cm³/mol. The Labute approximate surface area is 81.2 Å². The molecule has 1 aliphatic carbocycles. The van der Waals surface area contributed by atoms with Crippen molar-refractivity contribution >= 4 is 0 Å². The smallest absolute Gasteiger partial charge is 0.0471 e. The topological polar surface area (TPSA) is 23.5 Å². The molecule has 0 bridgehead atoms. The minimum absolute atomic E-state index is 0.341. The van der Waals surface area contributed by atoms with Gasteiger partial charge in [-0.2, -0.15) is 0 Å². The molecule has 1 atom stereocenters. The summed E-state index contributed by atoms with van der Waals surface area (Å²) in [6.45, 7) is 7.15. The molecule has 2 fully saturated rings. The van der Waals surface area contributed by atoms with Crippen LogP contribution in [0.2, 0.25) is 0 Å². The standard InChI is InChI=1S/C8H15NO.C3H6/c1-2-4-9-5-3-8(6-9)7-10;1-2-3-1/h2,8,10H,1,3-7H2;1-3H2/t8-;/m0./s1. The van der Waals surface area contributed by atoms with E-state index in [0.29, 0.717) is 12.5 Å². The fraction of sp³-hybridized carbons (Fsp3) is 0.818. The minimum Gasteiger partial charge on any atom is -0.396 e. The highest BCUT2D eigenvalue weighted by atomic mass is 16.3. The van der Waals surface area contributed by atoms with Crippen LogP contribution in [-0.4, -0.2) is 36.2 Å². The maximum Gasteiger partial charge on any atom is 0.0471 e. The molecule has 0 amide bonds. The molecular formula is C11H21NO. The van der Waals surface area contributed by atoms with Gasteiger partial charge in [-0.05, 0) is 18.9 Å². The average Bonchev–Trinajstić information content (AvgIpc) is 2.95. The normalized spacial score (nSPS) is 26.4. The fourth-order valence-corrected chi connectivity index (χ4v) is 1.41. The van der Waals surface area contributed by atoms with E-state index in [9.17, 15) is 0 Å². The molecule has 2 aliphatic rings. The first-order valence-electron chi connectivity index (χ1n) is 5.31. The van der Waals surface area contributed by atoms with Crippen LogP contribution in [0.15, 0.2) is 12.7 Å². The van der Waals surface area contributed by atoms with Gasteiger partial charge in [0.15, 0.2) is 0 Å². The summed E-state index contributed by atoms with van der Waals surface area (Å²) in [7, 11) is 0. The van der Waals surface area contributed by atoms with Gasteiger partial charge in [0.25, 0.3) is 0 Å². The molecular weight excluding hydrogens is 162 g/mol. The number of aliphatic hydroxyl groups is 1. The fourth-order valence-electron chi connectivity index (χ4n) is 1.41. The van der Waals surface area contributed by atoms with Crippen LogP contribution in [0.5, 0.6) is 0 Å². The van der Waals surface area contributed by atoms with Crippen LogP contribution in [0.1, 0.15) is 25.7 Å². The van der Waals surface area contributed by atoms with Crippen molar-refractivity contribution in [3.8, 4) is 0 Å². The van der Waals surface area contributed by atoms with Gasteiger partial charge in [-0.15, -0.1) is 6.58 Å². The first-order valence-corrected chi connectivity index (χ1v) is 5.31. The van der Waals surface area contributed by atoms with E-state index in [-0.39, 0.29) is 0 Å². The monoisotopic (exact) mass is 183 g/mol. The lowest BCUT2D eigenvalue weighted by Crippen LogP contribution is -2.21. The molecule has 1 saturated carbocycles.